The molecule has 0 bridgehead atoms. The number of carbonyl (C=O) groups is 1. The number of carbonyl (C=O) groups excluding carboxylic acids is 1. The van der Waals surface area contributed by atoms with Crippen LogP contribution in [0.4, 0.5) is 5.69 Å². The molecule has 3 N–H and O–H groups in total. The van der Waals surface area contributed by atoms with Crippen LogP contribution >= 0.6 is 12.4 Å². The fraction of sp³-hybridized carbons (Fsp3) is 0.333. The van der Waals surface area contributed by atoms with Gasteiger partial charge < -0.3 is 11.1 Å². The van der Waals surface area contributed by atoms with Gasteiger partial charge in [-0.1, -0.05) is 19.9 Å². The fourth-order valence-corrected chi connectivity index (χ4v) is 1.53. The number of nitrogens with one attached hydrogen (secondary N) is 1. The van der Waals surface area contributed by atoms with E-state index >= 15 is 0 Å². The first-order chi connectivity index (χ1) is 9.08. The van der Waals surface area contributed by atoms with Crippen molar-refractivity contribution in [3.05, 3.63) is 30.6 Å². The predicted molar refractivity (Wildman–Crippen MR) is 77.8 cm³/mol. The van der Waals surface area contributed by atoms with Gasteiger partial charge in [0.1, 0.15) is 6.33 Å². The third kappa shape index (κ3) is 3.75. The summed E-state index contributed by atoms with van der Waals surface area (Å²) in [6.45, 7) is 3.81. The SMILES string of the molecule is CC(C)[C@@H](N)C(=O)Nc1cccc(-n2cnnn2)c1.Cl. The fourth-order valence-electron chi connectivity index (χ4n) is 1.53. The molecule has 2 rings (SSSR count). The Morgan fingerprint density at radius 2 is 2.15 bits per heavy atom. The number of rotatable bonds is 4. The minimum Gasteiger partial charge on any atom is -0.325 e. The van der Waals surface area contributed by atoms with Crippen molar-refractivity contribution in [2.45, 2.75) is 19.9 Å². The number of aromatic nitrogens is 4. The van der Waals surface area contributed by atoms with Gasteiger partial charge >= 0.3 is 0 Å². The Bertz CT molecular complexity index is 557. The molecule has 0 aliphatic rings. The van der Waals surface area contributed by atoms with Crippen LogP contribution in [-0.2, 0) is 4.79 Å². The minimum absolute atomic E-state index is 0. The van der Waals surface area contributed by atoms with Crippen LogP contribution in [0.1, 0.15) is 13.8 Å². The van der Waals surface area contributed by atoms with E-state index in [2.05, 4.69) is 20.8 Å². The van der Waals surface area contributed by atoms with Crippen LogP contribution in [0.15, 0.2) is 30.6 Å². The topological polar surface area (TPSA) is 98.7 Å². The van der Waals surface area contributed by atoms with Crippen LogP contribution in [0, 0.1) is 5.92 Å². The Labute approximate surface area is 123 Å². The quantitative estimate of drug-likeness (QED) is 0.877. The van der Waals surface area contributed by atoms with Gasteiger partial charge in [-0.2, -0.15) is 0 Å². The van der Waals surface area contributed by atoms with Crippen LogP contribution in [0.25, 0.3) is 5.69 Å². The van der Waals surface area contributed by atoms with E-state index in [-0.39, 0.29) is 24.2 Å². The minimum atomic E-state index is -0.531. The number of hydrogen-bond donors (Lipinski definition) is 2. The van der Waals surface area contributed by atoms with E-state index in [4.69, 9.17) is 5.73 Å². The molecular formula is C12H17ClN6O. The lowest BCUT2D eigenvalue weighted by molar-refractivity contribution is -0.118. The van der Waals surface area contributed by atoms with Crippen molar-refractivity contribution in [1.82, 2.24) is 20.2 Å². The van der Waals surface area contributed by atoms with E-state index in [0.29, 0.717) is 5.69 Å². The lowest BCUT2D eigenvalue weighted by Gasteiger charge is -2.15. The first-order valence-corrected chi connectivity index (χ1v) is 5.98. The first-order valence-electron chi connectivity index (χ1n) is 5.98. The number of halogens is 1. The predicted octanol–water partition coefficient (Wildman–Crippen LogP) is 1.01. The largest absolute Gasteiger partial charge is 0.325 e. The van der Waals surface area contributed by atoms with Crippen molar-refractivity contribution in [2.75, 3.05) is 5.32 Å². The molecule has 0 saturated carbocycles. The molecule has 20 heavy (non-hydrogen) atoms. The van der Waals surface area contributed by atoms with Gasteiger partial charge in [0, 0.05) is 5.69 Å². The van der Waals surface area contributed by atoms with Crippen molar-refractivity contribution in [2.24, 2.45) is 11.7 Å². The lowest BCUT2D eigenvalue weighted by Crippen LogP contribution is -2.39. The average molecular weight is 297 g/mol. The van der Waals surface area contributed by atoms with Crippen LogP contribution in [0.2, 0.25) is 0 Å². The Morgan fingerprint density at radius 3 is 2.75 bits per heavy atom. The second-order valence-electron chi connectivity index (χ2n) is 4.56. The van der Waals surface area contributed by atoms with E-state index in [1.807, 2.05) is 26.0 Å². The van der Waals surface area contributed by atoms with Crippen LogP contribution in [0.5, 0.6) is 0 Å². The van der Waals surface area contributed by atoms with Crippen LogP contribution in [0.3, 0.4) is 0 Å². The second kappa shape index (κ2) is 6.97. The summed E-state index contributed by atoms with van der Waals surface area (Å²) in [6.07, 6.45) is 1.49. The number of benzene rings is 1. The normalized spacial score (nSPS) is 11.8. The highest BCUT2D eigenvalue weighted by atomic mass is 35.5. The molecule has 1 aromatic heterocycles. The van der Waals surface area contributed by atoms with Gasteiger partial charge in [-0.05, 0) is 34.5 Å². The van der Waals surface area contributed by atoms with Crippen LogP contribution in [-0.4, -0.2) is 32.2 Å². The molecule has 0 radical (unpaired) electrons. The summed E-state index contributed by atoms with van der Waals surface area (Å²) < 4.78 is 1.51. The number of nitrogens with two attached hydrogens (primary N) is 1. The van der Waals surface area contributed by atoms with E-state index in [1.165, 1.54) is 11.0 Å². The average Bonchev–Trinajstić information content (AvgIpc) is 2.91. The summed E-state index contributed by atoms with van der Waals surface area (Å²) in [4.78, 5) is 11.9. The monoisotopic (exact) mass is 296 g/mol. The van der Waals surface area contributed by atoms with Gasteiger partial charge in [0.05, 0.1) is 11.7 Å². The van der Waals surface area contributed by atoms with Crippen molar-refractivity contribution in [1.29, 1.82) is 0 Å². The summed E-state index contributed by atoms with van der Waals surface area (Å²) in [5.74, 6) is -0.119. The molecule has 8 heteroatoms. The zero-order chi connectivity index (χ0) is 13.8. The maximum Gasteiger partial charge on any atom is 0.241 e. The maximum absolute atomic E-state index is 11.9. The number of amides is 1. The van der Waals surface area contributed by atoms with Crippen molar-refractivity contribution < 1.29 is 4.79 Å². The molecule has 0 fully saturated rings. The van der Waals surface area contributed by atoms with Gasteiger partial charge in [-0.15, -0.1) is 17.5 Å². The summed E-state index contributed by atoms with van der Waals surface area (Å²) in [5.41, 5.74) is 7.22. The van der Waals surface area contributed by atoms with Crippen molar-refractivity contribution in [3.63, 3.8) is 0 Å². The Balaban J connectivity index is 0.00000200. The van der Waals surface area contributed by atoms with E-state index in [0.717, 1.165) is 5.69 Å². The lowest BCUT2D eigenvalue weighted by atomic mass is 10.0. The van der Waals surface area contributed by atoms with E-state index in [1.54, 1.807) is 12.1 Å². The van der Waals surface area contributed by atoms with Gasteiger partial charge in [0.2, 0.25) is 5.91 Å². The molecule has 0 aliphatic heterocycles. The van der Waals surface area contributed by atoms with Crippen molar-refractivity contribution in [3.8, 4) is 5.69 Å². The Hall–Kier alpha value is -1.99. The molecule has 7 nitrogen and oxygen atoms in total. The highest BCUT2D eigenvalue weighted by Gasteiger charge is 2.17. The van der Waals surface area contributed by atoms with Gasteiger partial charge in [-0.3, -0.25) is 4.79 Å². The van der Waals surface area contributed by atoms with Gasteiger partial charge in [0.15, 0.2) is 0 Å². The first kappa shape index (κ1) is 16.1. The zero-order valence-electron chi connectivity index (χ0n) is 11.2. The molecule has 0 spiro atoms. The van der Waals surface area contributed by atoms with Crippen molar-refractivity contribution >= 4 is 24.0 Å². The van der Waals surface area contributed by atoms with Gasteiger partial charge in [-0.25, -0.2) is 4.68 Å². The smallest absolute Gasteiger partial charge is 0.241 e. The molecule has 1 atom stereocenters. The number of hydrogen-bond acceptors (Lipinski definition) is 5. The van der Waals surface area contributed by atoms with E-state index < -0.39 is 6.04 Å². The molecule has 0 saturated heterocycles. The summed E-state index contributed by atoms with van der Waals surface area (Å²) in [6, 6.07) is 6.69. The molecule has 0 unspecified atom stereocenters. The maximum atomic E-state index is 11.9. The molecule has 108 valence electrons. The molecule has 1 amide bonds. The zero-order valence-corrected chi connectivity index (χ0v) is 12.0. The number of tetrazole rings is 1. The highest BCUT2D eigenvalue weighted by Crippen LogP contribution is 2.14. The molecule has 1 aromatic carbocycles. The molecular weight excluding hydrogens is 280 g/mol. The third-order valence-corrected chi connectivity index (χ3v) is 2.75. The van der Waals surface area contributed by atoms with Crippen LogP contribution < -0.4 is 11.1 Å². The van der Waals surface area contributed by atoms with E-state index in [9.17, 15) is 4.79 Å². The molecule has 1 heterocycles. The summed E-state index contributed by atoms with van der Waals surface area (Å²) in [7, 11) is 0. The number of nitrogens with zero attached hydrogens (tertiary/aromatic N) is 4. The summed E-state index contributed by atoms with van der Waals surface area (Å²) >= 11 is 0. The standard InChI is InChI=1S/C12H16N6O.ClH/c1-8(2)11(13)12(19)15-9-4-3-5-10(6-9)18-7-14-16-17-18;/h3-8,11H,13H2,1-2H3,(H,15,19);1H/t11-;/m1./s1. The van der Waals surface area contributed by atoms with Gasteiger partial charge in [0.25, 0.3) is 0 Å². The molecule has 0 aliphatic carbocycles. The second-order valence-corrected chi connectivity index (χ2v) is 4.56. The summed E-state index contributed by atoms with van der Waals surface area (Å²) in [5, 5.41) is 13.7. The third-order valence-electron chi connectivity index (χ3n) is 2.75. The number of anilines is 1. The highest BCUT2D eigenvalue weighted by molar-refractivity contribution is 5.95. The Morgan fingerprint density at radius 1 is 1.40 bits per heavy atom. The molecule has 2 aromatic rings. The Kier molecular flexibility index (Phi) is 5.60.